The minimum Gasteiger partial charge on any atom is -0.406 e. The van der Waals surface area contributed by atoms with Crippen LogP contribution in [0.25, 0.3) is 11.1 Å². The van der Waals surface area contributed by atoms with Gasteiger partial charge in [-0.2, -0.15) is 13.2 Å². The first-order chi connectivity index (χ1) is 13.1. The van der Waals surface area contributed by atoms with Crippen molar-refractivity contribution in [2.45, 2.75) is 12.5 Å². The Hall–Kier alpha value is -3.23. The normalized spacial score (nSPS) is 11.9. The Morgan fingerprint density at radius 2 is 1.46 bits per heavy atom. The Bertz CT molecular complexity index is 934. The monoisotopic (exact) mass is 398 g/mol. The molecule has 0 fully saturated rings. The first-order valence-corrected chi connectivity index (χ1v) is 7.87. The number of nitrogens with zero attached hydrogens (tertiary/aromatic N) is 1. The highest BCUT2D eigenvalue weighted by Gasteiger charge is 2.31. The predicted octanol–water partition coefficient (Wildman–Crippen LogP) is 6.41. The van der Waals surface area contributed by atoms with Gasteiger partial charge in [0, 0.05) is 23.5 Å². The number of alkyl halides is 6. The zero-order valence-electron chi connectivity index (χ0n) is 14.0. The van der Waals surface area contributed by atoms with Crippen molar-refractivity contribution < 1.29 is 31.1 Å². The molecule has 1 heterocycles. The van der Waals surface area contributed by atoms with E-state index < -0.39 is 18.1 Å². The second kappa shape index (κ2) is 7.41. The molecule has 0 aliphatic rings. The lowest BCUT2D eigenvalue weighted by atomic mass is 10.1. The number of nitrogens with one attached hydrogen (secondary N) is 1. The molecule has 0 amide bonds. The summed E-state index contributed by atoms with van der Waals surface area (Å²) in [5, 5.41) is 2.83. The largest absolute Gasteiger partial charge is 0.573 e. The molecule has 0 saturated carbocycles. The third-order valence-corrected chi connectivity index (χ3v) is 3.65. The lowest BCUT2D eigenvalue weighted by molar-refractivity contribution is -0.274. The molecule has 146 valence electrons. The predicted molar refractivity (Wildman–Crippen MR) is 91.1 cm³/mol. The van der Waals surface area contributed by atoms with Gasteiger partial charge in [0.05, 0.1) is 5.56 Å². The van der Waals surface area contributed by atoms with E-state index in [0.29, 0.717) is 22.6 Å². The molecule has 28 heavy (non-hydrogen) atoms. The van der Waals surface area contributed by atoms with Crippen LogP contribution in [0, 0.1) is 0 Å². The van der Waals surface area contributed by atoms with Gasteiger partial charge < -0.3 is 10.1 Å². The van der Waals surface area contributed by atoms with Crippen LogP contribution in [0.2, 0.25) is 0 Å². The van der Waals surface area contributed by atoms with Gasteiger partial charge in [-0.1, -0.05) is 18.2 Å². The molecule has 0 aliphatic heterocycles. The molecule has 0 aliphatic carbocycles. The second-order valence-electron chi connectivity index (χ2n) is 5.71. The minimum absolute atomic E-state index is 0.330. The molecule has 0 atom stereocenters. The van der Waals surface area contributed by atoms with E-state index in [0.717, 1.165) is 12.1 Å². The van der Waals surface area contributed by atoms with Crippen molar-refractivity contribution in [3.8, 4) is 16.9 Å². The van der Waals surface area contributed by atoms with Crippen molar-refractivity contribution >= 4 is 11.5 Å². The standard InChI is InChI=1S/C19H12F6N2O/c20-18(21,22)14-7-4-12(5-8-14)13-6-9-17(26-11-13)27-15-2-1-3-16(10-15)28-19(23,24)25/h1-11H,(H,26,27). The highest BCUT2D eigenvalue weighted by Crippen LogP contribution is 2.31. The molecule has 0 radical (unpaired) electrons. The van der Waals surface area contributed by atoms with Crippen LogP contribution in [0.3, 0.4) is 0 Å². The summed E-state index contributed by atoms with van der Waals surface area (Å²) >= 11 is 0. The highest BCUT2D eigenvalue weighted by atomic mass is 19.4. The van der Waals surface area contributed by atoms with E-state index in [1.165, 1.54) is 42.6 Å². The van der Waals surface area contributed by atoms with Gasteiger partial charge in [0.25, 0.3) is 0 Å². The number of aromatic nitrogens is 1. The third-order valence-electron chi connectivity index (χ3n) is 3.65. The topological polar surface area (TPSA) is 34.1 Å². The molecule has 9 heteroatoms. The Morgan fingerprint density at radius 3 is 2.04 bits per heavy atom. The van der Waals surface area contributed by atoms with Gasteiger partial charge in [-0.15, -0.1) is 13.2 Å². The lowest BCUT2D eigenvalue weighted by Crippen LogP contribution is -2.17. The molecule has 0 bridgehead atoms. The second-order valence-corrected chi connectivity index (χ2v) is 5.71. The number of benzene rings is 2. The van der Waals surface area contributed by atoms with Crippen LogP contribution in [0.5, 0.6) is 5.75 Å². The van der Waals surface area contributed by atoms with Crippen LogP contribution in [0.15, 0.2) is 66.9 Å². The summed E-state index contributed by atoms with van der Waals surface area (Å²) in [6, 6.07) is 13.1. The lowest BCUT2D eigenvalue weighted by Gasteiger charge is -2.11. The first-order valence-electron chi connectivity index (χ1n) is 7.87. The Kier molecular flexibility index (Phi) is 5.17. The molecule has 1 aromatic heterocycles. The van der Waals surface area contributed by atoms with Crippen LogP contribution in [-0.4, -0.2) is 11.3 Å². The molecule has 0 unspecified atom stereocenters. The van der Waals surface area contributed by atoms with Gasteiger partial charge in [-0.25, -0.2) is 4.98 Å². The van der Waals surface area contributed by atoms with Crippen molar-refractivity contribution in [3.63, 3.8) is 0 Å². The summed E-state index contributed by atoms with van der Waals surface area (Å²) in [4.78, 5) is 4.13. The zero-order chi connectivity index (χ0) is 20.4. The van der Waals surface area contributed by atoms with Crippen LogP contribution >= 0.6 is 0 Å². The van der Waals surface area contributed by atoms with Crippen molar-refractivity contribution in [1.29, 1.82) is 0 Å². The van der Waals surface area contributed by atoms with Gasteiger partial charge >= 0.3 is 12.5 Å². The molecule has 3 nitrogen and oxygen atoms in total. The molecule has 0 saturated heterocycles. The maximum absolute atomic E-state index is 12.6. The number of rotatable bonds is 4. The molecule has 0 spiro atoms. The van der Waals surface area contributed by atoms with Crippen LogP contribution in [0.4, 0.5) is 37.8 Å². The summed E-state index contributed by atoms with van der Waals surface area (Å²) in [5.74, 6) is -0.0290. The van der Waals surface area contributed by atoms with Crippen LogP contribution in [-0.2, 0) is 6.18 Å². The molecule has 3 aromatic rings. The van der Waals surface area contributed by atoms with Gasteiger partial charge in [-0.05, 0) is 42.0 Å². The minimum atomic E-state index is -4.79. The van der Waals surface area contributed by atoms with Gasteiger partial charge in [0.15, 0.2) is 0 Å². The fraction of sp³-hybridized carbons (Fsp3) is 0.105. The smallest absolute Gasteiger partial charge is 0.406 e. The Labute approximate surface area is 155 Å². The molecule has 2 aromatic carbocycles. The fourth-order valence-corrected chi connectivity index (χ4v) is 2.41. The maximum Gasteiger partial charge on any atom is 0.573 e. The average molecular weight is 398 g/mol. The SMILES string of the molecule is FC(F)(F)Oc1cccc(Nc2ccc(-c3ccc(C(F)(F)F)cc3)cn2)c1. The van der Waals surface area contributed by atoms with E-state index >= 15 is 0 Å². The molecular formula is C19H12F6N2O. The van der Waals surface area contributed by atoms with E-state index in [2.05, 4.69) is 15.0 Å². The summed E-state index contributed by atoms with van der Waals surface area (Å²) < 4.78 is 78.5. The zero-order valence-corrected chi connectivity index (χ0v) is 14.0. The molecule has 1 N–H and O–H groups in total. The van der Waals surface area contributed by atoms with Crippen LogP contribution < -0.4 is 10.1 Å². The number of halogens is 6. The number of hydrogen-bond donors (Lipinski definition) is 1. The summed E-state index contributed by atoms with van der Waals surface area (Å²) in [6.45, 7) is 0. The molecule has 3 rings (SSSR count). The Morgan fingerprint density at radius 1 is 0.786 bits per heavy atom. The molecular weight excluding hydrogens is 386 g/mol. The van der Waals surface area contributed by atoms with Crippen LogP contribution in [0.1, 0.15) is 5.56 Å². The fourth-order valence-electron chi connectivity index (χ4n) is 2.41. The summed E-state index contributed by atoms with van der Waals surface area (Å²) in [5.41, 5.74) is 0.723. The van der Waals surface area contributed by atoms with E-state index in [9.17, 15) is 26.3 Å². The number of hydrogen-bond acceptors (Lipinski definition) is 3. The van der Waals surface area contributed by atoms with Crippen molar-refractivity contribution in [3.05, 3.63) is 72.4 Å². The van der Waals surface area contributed by atoms with Crippen molar-refractivity contribution in [2.75, 3.05) is 5.32 Å². The van der Waals surface area contributed by atoms with E-state index in [1.54, 1.807) is 12.1 Å². The summed E-state index contributed by atoms with van der Waals surface area (Å²) in [7, 11) is 0. The number of anilines is 2. The van der Waals surface area contributed by atoms with E-state index in [1.807, 2.05) is 0 Å². The Balaban J connectivity index is 1.72. The van der Waals surface area contributed by atoms with E-state index in [-0.39, 0.29) is 5.75 Å². The van der Waals surface area contributed by atoms with Crippen molar-refractivity contribution in [2.24, 2.45) is 0 Å². The number of ether oxygens (including phenoxy) is 1. The van der Waals surface area contributed by atoms with Crippen molar-refractivity contribution in [1.82, 2.24) is 4.98 Å². The average Bonchev–Trinajstić information content (AvgIpc) is 2.61. The van der Waals surface area contributed by atoms with Gasteiger partial charge in [0.2, 0.25) is 0 Å². The number of pyridine rings is 1. The van der Waals surface area contributed by atoms with E-state index in [4.69, 9.17) is 0 Å². The van der Waals surface area contributed by atoms with Gasteiger partial charge in [0.1, 0.15) is 11.6 Å². The third kappa shape index (κ3) is 5.15. The van der Waals surface area contributed by atoms with Gasteiger partial charge in [-0.3, -0.25) is 0 Å². The quantitative estimate of drug-likeness (QED) is 0.516. The maximum atomic E-state index is 12.6. The first kappa shape index (κ1) is 19.5. The highest BCUT2D eigenvalue weighted by molar-refractivity contribution is 5.66. The summed E-state index contributed by atoms with van der Waals surface area (Å²) in [6.07, 6.45) is -7.75.